The Balaban J connectivity index is 1.94. The molecule has 0 aromatic carbocycles. The molecule has 7 heteroatoms. The molecule has 24 heavy (non-hydrogen) atoms. The molecule has 0 radical (unpaired) electrons. The van der Waals surface area contributed by atoms with Gasteiger partial charge in [-0.1, -0.05) is 18.9 Å². The highest BCUT2D eigenvalue weighted by Gasteiger charge is 2.34. The van der Waals surface area contributed by atoms with Crippen LogP contribution in [0.25, 0.3) is 0 Å². The lowest BCUT2D eigenvalue weighted by Crippen LogP contribution is -2.33. The number of hydrogen-bond donors (Lipinski definition) is 2. The summed E-state index contributed by atoms with van der Waals surface area (Å²) in [7, 11) is 0. The molecule has 7 nitrogen and oxygen atoms in total. The van der Waals surface area contributed by atoms with Crippen molar-refractivity contribution in [3.05, 3.63) is 62.7 Å². The fourth-order valence-electron chi connectivity index (χ4n) is 2.61. The second kappa shape index (κ2) is 6.83. The number of nitrogens with zero attached hydrogens (tertiary/aromatic N) is 2. The Labute approximate surface area is 138 Å². The average molecular weight is 327 g/mol. The van der Waals surface area contributed by atoms with Crippen molar-refractivity contribution in [3.8, 4) is 11.8 Å². The van der Waals surface area contributed by atoms with Crippen molar-refractivity contribution in [2.45, 2.75) is 38.2 Å². The van der Waals surface area contributed by atoms with E-state index in [1.807, 2.05) is 6.92 Å². The molecule has 1 unspecified atom stereocenters. The van der Waals surface area contributed by atoms with Crippen LogP contribution >= 0.6 is 0 Å². The predicted molar refractivity (Wildman–Crippen MR) is 86.4 cm³/mol. The topological polar surface area (TPSA) is 97.2 Å². The van der Waals surface area contributed by atoms with E-state index in [4.69, 9.17) is 4.74 Å². The molecular weight excluding hydrogens is 310 g/mol. The number of nitrogens with one attached hydrogen (secondary N) is 1. The van der Waals surface area contributed by atoms with E-state index in [0.29, 0.717) is 12.1 Å². The maximum atomic E-state index is 12.0. The van der Waals surface area contributed by atoms with E-state index >= 15 is 0 Å². The van der Waals surface area contributed by atoms with Crippen molar-refractivity contribution >= 4 is 0 Å². The molecule has 0 saturated carbocycles. The Hall–Kier alpha value is -2.69. The highest BCUT2D eigenvalue weighted by atomic mass is 16.5. The predicted octanol–water partition coefficient (Wildman–Crippen LogP) is 0.390. The van der Waals surface area contributed by atoms with E-state index in [0.717, 1.165) is 0 Å². The maximum Gasteiger partial charge on any atom is 0.330 e. The van der Waals surface area contributed by atoms with Gasteiger partial charge in [0.25, 0.3) is 5.56 Å². The van der Waals surface area contributed by atoms with Crippen LogP contribution in [0, 0.1) is 11.8 Å². The Morgan fingerprint density at radius 2 is 2.25 bits per heavy atom. The molecule has 2 aromatic heterocycles. The number of aliphatic hydroxyl groups excluding tert-OH is 1. The van der Waals surface area contributed by atoms with Gasteiger partial charge in [0.2, 0.25) is 0 Å². The van der Waals surface area contributed by atoms with Crippen LogP contribution in [-0.2, 0) is 4.74 Å². The van der Waals surface area contributed by atoms with Crippen LogP contribution in [0.4, 0.5) is 0 Å². The number of aromatic amines is 1. The summed E-state index contributed by atoms with van der Waals surface area (Å²) in [6.45, 7) is 1.90. The van der Waals surface area contributed by atoms with Crippen molar-refractivity contribution in [1.29, 1.82) is 0 Å². The number of rotatable bonds is 2. The molecular formula is C17H17N3O4. The molecule has 3 atom stereocenters. The van der Waals surface area contributed by atoms with Gasteiger partial charge in [-0.2, -0.15) is 0 Å². The molecule has 3 rings (SSSR count). The summed E-state index contributed by atoms with van der Waals surface area (Å²) >= 11 is 0. The molecule has 2 aromatic rings. The van der Waals surface area contributed by atoms with Gasteiger partial charge in [0.1, 0.15) is 17.5 Å². The van der Waals surface area contributed by atoms with Crippen LogP contribution in [-0.4, -0.2) is 31.8 Å². The van der Waals surface area contributed by atoms with Gasteiger partial charge in [-0.3, -0.25) is 14.3 Å². The third-order valence-corrected chi connectivity index (χ3v) is 3.87. The first kappa shape index (κ1) is 16.2. The first-order valence-corrected chi connectivity index (χ1v) is 7.70. The minimum Gasteiger partial charge on any atom is -0.390 e. The summed E-state index contributed by atoms with van der Waals surface area (Å²) < 4.78 is 6.94. The van der Waals surface area contributed by atoms with Crippen molar-refractivity contribution < 1.29 is 9.84 Å². The van der Waals surface area contributed by atoms with Crippen LogP contribution in [0.3, 0.4) is 0 Å². The number of hydrogen-bond acceptors (Lipinski definition) is 5. The van der Waals surface area contributed by atoms with Gasteiger partial charge in [0.15, 0.2) is 0 Å². The van der Waals surface area contributed by atoms with E-state index in [2.05, 4.69) is 21.8 Å². The standard InChI is InChI=1S/C17H17N3O4/c1-2-14-13(21)9-15(24-14)20-10-11(16(22)19-17(20)23)6-7-12-5-3-4-8-18-12/h3-5,8,10,13-15,21H,2,9H2,1H3,(H,19,22,23)/t13?,14-,15-/m1/s1. The summed E-state index contributed by atoms with van der Waals surface area (Å²) in [5, 5.41) is 9.94. The molecule has 1 saturated heterocycles. The minimum absolute atomic E-state index is 0.137. The van der Waals surface area contributed by atoms with E-state index in [1.54, 1.807) is 24.4 Å². The lowest BCUT2D eigenvalue weighted by molar-refractivity contribution is -0.0218. The number of aromatic nitrogens is 3. The second-order valence-corrected chi connectivity index (χ2v) is 5.51. The number of aliphatic hydroxyl groups is 1. The lowest BCUT2D eigenvalue weighted by atomic mass is 10.1. The monoisotopic (exact) mass is 327 g/mol. The van der Waals surface area contributed by atoms with Gasteiger partial charge in [-0.15, -0.1) is 0 Å². The second-order valence-electron chi connectivity index (χ2n) is 5.51. The van der Waals surface area contributed by atoms with E-state index in [-0.39, 0.29) is 18.1 Å². The van der Waals surface area contributed by atoms with Gasteiger partial charge in [-0.05, 0) is 24.5 Å². The van der Waals surface area contributed by atoms with Gasteiger partial charge >= 0.3 is 5.69 Å². The normalized spacial score (nSPS) is 22.8. The zero-order valence-corrected chi connectivity index (χ0v) is 13.1. The van der Waals surface area contributed by atoms with Crippen molar-refractivity contribution in [2.24, 2.45) is 0 Å². The fraction of sp³-hybridized carbons (Fsp3) is 0.353. The maximum absolute atomic E-state index is 12.0. The smallest absolute Gasteiger partial charge is 0.330 e. The van der Waals surface area contributed by atoms with Gasteiger partial charge < -0.3 is 9.84 Å². The summed E-state index contributed by atoms with van der Waals surface area (Å²) in [5.41, 5.74) is -0.492. The van der Waals surface area contributed by atoms with Crippen LogP contribution in [0.2, 0.25) is 0 Å². The first-order chi connectivity index (χ1) is 11.6. The Bertz CT molecular complexity index is 892. The summed E-state index contributed by atoms with van der Waals surface area (Å²) in [6.07, 6.45) is 2.32. The Morgan fingerprint density at radius 1 is 1.42 bits per heavy atom. The van der Waals surface area contributed by atoms with Crippen LogP contribution in [0.1, 0.15) is 37.3 Å². The average Bonchev–Trinajstić information content (AvgIpc) is 2.95. The molecule has 0 bridgehead atoms. The molecule has 0 amide bonds. The molecule has 1 aliphatic heterocycles. The van der Waals surface area contributed by atoms with Gasteiger partial charge in [0, 0.05) is 18.8 Å². The largest absolute Gasteiger partial charge is 0.390 e. The number of pyridine rings is 1. The Kier molecular flexibility index (Phi) is 4.60. The number of ether oxygens (including phenoxy) is 1. The molecule has 3 heterocycles. The molecule has 0 aliphatic carbocycles. The minimum atomic E-state index is -0.637. The van der Waals surface area contributed by atoms with Crippen LogP contribution < -0.4 is 11.2 Å². The molecule has 124 valence electrons. The summed E-state index contributed by atoms with van der Waals surface area (Å²) in [4.78, 5) is 30.3. The fourth-order valence-corrected chi connectivity index (χ4v) is 2.61. The zero-order valence-electron chi connectivity index (χ0n) is 13.1. The highest BCUT2D eigenvalue weighted by Crippen LogP contribution is 2.28. The molecule has 2 N–H and O–H groups in total. The summed E-state index contributed by atoms with van der Waals surface area (Å²) in [6, 6.07) is 5.28. The highest BCUT2D eigenvalue weighted by molar-refractivity contribution is 5.37. The third kappa shape index (κ3) is 3.30. The Morgan fingerprint density at radius 3 is 2.92 bits per heavy atom. The lowest BCUT2D eigenvalue weighted by Gasteiger charge is -2.14. The van der Waals surface area contributed by atoms with E-state index in [1.165, 1.54) is 10.8 Å². The summed E-state index contributed by atoms with van der Waals surface area (Å²) in [5.74, 6) is 5.50. The van der Waals surface area contributed by atoms with E-state index < -0.39 is 23.6 Å². The van der Waals surface area contributed by atoms with Crippen molar-refractivity contribution in [1.82, 2.24) is 14.5 Å². The van der Waals surface area contributed by atoms with Gasteiger partial charge in [-0.25, -0.2) is 9.78 Å². The SMILES string of the molecule is CC[C@H]1O[C@@H](n2cc(C#Cc3ccccn3)c(=O)[nH]c2=O)CC1O. The quantitative estimate of drug-likeness (QED) is 0.778. The van der Waals surface area contributed by atoms with Crippen molar-refractivity contribution in [3.63, 3.8) is 0 Å². The van der Waals surface area contributed by atoms with Crippen LogP contribution in [0.5, 0.6) is 0 Å². The van der Waals surface area contributed by atoms with Gasteiger partial charge in [0.05, 0.1) is 12.2 Å². The van der Waals surface area contributed by atoms with E-state index in [9.17, 15) is 14.7 Å². The molecule has 1 fully saturated rings. The first-order valence-electron chi connectivity index (χ1n) is 7.70. The van der Waals surface area contributed by atoms with Crippen LogP contribution in [0.15, 0.2) is 40.2 Å². The molecule has 1 aliphatic rings. The third-order valence-electron chi connectivity index (χ3n) is 3.87. The van der Waals surface area contributed by atoms with Crippen molar-refractivity contribution in [2.75, 3.05) is 0 Å². The zero-order chi connectivity index (χ0) is 17.1. The number of H-pyrrole nitrogens is 1. The molecule has 0 spiro atoms.